The maximum atomic E-state index is 14.4. The highest BCUT2D eigenvalue weighted by molar-refractivity contribution is 6.12. The van der Waals surface area contributed by atoms with E-state index in [1.165, 1.54) is 36.2 Å². The summed E-state index contributed by atoms with van der Waals surface area (Å²) in [7, 11) is 6.30. The van der Waals surface area contributed by atoms with Crippen molar-refractivity contribution in [3.8, 4) is 0 Å². The molecule has 1 aromatic carbocycles. The van der Waals surface area contributed by atoms with Crippen molar-refractivity contribution >= 4 is 47.3 Å². The van der Waals surface area contributed by atoms with Gasteiger partial charge in [0.25, 0.3) is 11.8 Å². The zero-order valence-corrected chi connectivity index (χ0v) is 41.6. The topological polar surface area (TPSA) is 221 Å². The average molecular weight is 939 g/mol. The second-order valence-corrected chi connectivity index (χ2v) is 19.1. The van der Waals surface area contributed by atoms with Crippen LogP contribution in [0.1, 0.15) is 112 Å². The first-order valence-corrected chi connectivity index (χ1v) is 23.9. The number of unbranched alkanes of at least 4 members (excludes halogenated alkanes) is 2. The Bertz CT molecular complexity index is 1860. The van der Waals surface area contributed by atoms with Crippen LogP contribution in [0.15, 0.2) is 42.5 Å². The number of carboxylic acid groups (broad SMARTS) is 1. The Kier molecular flexibility index (Phi) is 22.6. The molecule has 1 fully saturated rings. The van der Waals surface area contributed by atoms with E-state index in [9.17, 15) is 43.5 Å². The number of hydrogen-bond donors (Lipinski definition) is 4. The van der Waals surface area contributed by atoms with Gasteiger partial charge in [0.15, 0.2) is 0 Å². The van der Waals surface area contributed by atoms with E-state index < -0.39 is 60.1 Å². The normalized spacial score (nSPS) is 19.2. The number of rotatable bonds is 30. The number of methoxy groups -OCH3 is 2. The number of nitrogens with one attached hydrogen (secondary N) is 3. The Morgan fingerprint density at radius 1 is 0.821 bits per heavy atom. The number of likely N-dealkylation sites (N-methyl/N-ethyl adjacent to an activating group) is 2. The van der Waals surface area contributed by atoms with Gasteiger partial charge in [0, 0.05) is 65.9 Å². The summed E-state index contributed by atoms with van der Waals surface area (Å²) < 4.78 is 11.6. The zero-order valence-electron chi connectivity index (χ0n) is 41.6. The maximum absolute atomic E-state index is 14.4. The van der Waals surface area contributed by atoms with Crippen LogP contribution in [0.5, 0.6) is 0 Å². The number of hydrogen-bond acceptors (Lipinski definition) is 10. The first-order chi connectivity index (χ1) is 31.7. The van der Waals surface area contributed by atoms with E-state index in [1.54, 1.807) is 25.9 Å². The first-order valence-electron chi connectivity index (χ1n) is 23.9. The van der Waals surface area contributed by atoms with E-state index in [0.717, 1.165) is 12.0 Å². The van der Waals surface area contributed by atoms with Gasteiger partial charge in [-0.2, -0.15) is 0 Å². The molecular weight excluding hydrogens is 861 g/mol. The van der Waals surface area contributed by atoms with Crippen molar-refractivity contribution in [1.82, 2.24) is 30.7 Å². The van der Waals surface area contributed by atoms with E-state index in [0.29, 0.717) is 38.5 Å². The summed E-state index contributed by atoms with van der Waals surface area (Å²) in [6.07, 6.45) is 6.02. The molecule has 0 saturated heterocycles. The van der Waals surface area contributed by atoms with Gasteiger partial charge in [-0.3, -0.25) is 38.5 Å². The number of carboxylic acids is 1. The van der Waals surface area contributed by atoms with Crippen LogP contribution in [0.4, 0.5) is 0 Å². The lowest BCUT2D eigenvalue weighted by Crippen LogP contribution is -2.60. The third kappa shape index (κ3) is 16.5. The molecule has 17 heteroatoms. The summed E-state index contributed by atoms with van der Waals surface area (Å²) in [5.74, 6) is -4.57. The molecule has 7 unspecified atom stereocenters. The number of carbonyl (C=O) groups excluding carboxylic acids is 7. The van der Waals surface area contributed by atoms with Crippen molar-refractivity contribution in [3.05, 3.63) is 48.0 Å². The van der Waals surface area contributed by atoms with Crippen LogP contribution in [0, 0.1) is 29.6 Å². The molecule has 0 bridgehead atoms. The van der Waals surface area contributed by atoms with Crippen LogP contribution in [0.25, 0.3) is 0 Å². The highest BCUT2D eigenvalue weighted by Gasteiger charge is 2.42. The van der Waals surface area contributed by atoms with Crippen molar-refractivity contribution in [1.29, 1.82) is 0 Å². The van der Waals surface area contributed by atoms with Crippen LogP contribution in [-0.2, 0) is 54.3 Å². The van der Waals surface area contributed by atoms with Gasteiger partial charge in [0.2, 0.25) is 29.5 Å². The highest BCUT2D eigenvalue weighted by Crippen LogP contribution is 2.36. The molecule has 0 radical (unpaired) electrons. The van der Waals surface area contributed by atoms with Crippen molar-refractivity contribution in [3.63, 3.8) is 0 Å². The van der Waals surface area contributed by atoms with Crippen LogP contribution >= 0.6 is 0 Å². The van der Waals surface area contributed by atoms with Crippen molar-refractivity contribution in [2.24, 2.45) is 29.6 Å². The van der Waals surface area contributed by atoms with E-state index >= 15 is 0 Å². The number of imide groups is 1. The number of aliphatic carboxylic acids is 1. The number of ether oxygens (including phenoxy) is 2. The lowest BCUT2D eigenvalue weighted by molar-refractivity contribution is -0.146. The van der Waals surface area contributed by atoms with Crippen LogP contribution < -0.4 is 16.0 Å². The lowest BCUT2D eigenvalue weighted by atomic mass is 9.89. The third-order valence-electron chi connectivity index (χ3n) is 13.5. The fourth-order valence-corrected chi connectivity index (χ4v) is 9.00. The average Bonchev–Trinajstić information content (AvgIpc) is 3.95. The molecule has 0 aromatic heterocycles. The van der Waals surface area contributed by atoms with E-state index in [1.807, 2.05) is 71.9 Å². The van der Waals surface area contributed by atoms with Gasteiger partial charge < -0.3 is 40.3 Å². The monoisotopic (exact) mass is 939 g/mol. The van der Waals surface area contributed by atoms with Gasteiger partial charge in [-0.05, 0) is 61.3 Å². The van der Waals surface area contributed by atoms with Gasteiger partial charge in [0.05, 0.1) is 30.6 Å². The van der Waals surface area contributed by atoms with Crippen molar-refractivity contribution in [2.45, 2.75) is 155 Å². The SMILES string of the molecule is CC[C@H](C)C(C(CC(=O)NC1C[C@H]1CCC(OC)C(C)C(=O)NC(Cc1ccccc1)C(=O)O)OC)N(C)C(=O)[C@@H](NC(=O)C(C(C)C)N(C)C(=O)CCCCCN1C(=O)C=CC1=O)C(C)C. The minimum Gasteiger partial charge on any atom is -0.480 e. The molecular formula is C50H78N6O11. The summed E-state index contributed by atoms with van der Waals surface area (Å²) in [6.45, 7) is 13.4. The first kappa shape index (κ1) is 56.2. The van der Waals surface area contributed by atoms with Crippen LogP contribution in [0.2, 0.25) is 0 Å². The predicted octanol–water partition coefficient (Wildman–Crippen LogP) is 4.12. The molecule has 17 nitrogen and oxygen atoms in total. The predicted molar refractivity (Wildman–Crippen MR) is 253 cm³/mol. The fraction of sp³-hybridized carbons (Fsp3) is 0.680. The molecule has 1 aromatic rings. The van der Waals surface area contributed by atoms with Gasteiger partial charge in [-0.1, -0.05) is 91.6 Å². The molecule has 7 amide bonds. The Labute approximate surface area is 397 Å². The van der Waals surface area contributed by atoms with E-state index in [-0.39, 0.29) is 85.1 Å². The zero-order chi connectivity index (χ0) is 50.1. The second-order valence-electron chi connectivity index (χ2n) is 19.1. The summed E-state index contributed by atoms with van der Waals surface area (Å²) in [4.78, 5) is 108. The smallest absolute Gasteiger partial charge is 0.326 e. The van der Waals surface area contributed by atoms with Gasteiger partial charge in [-0.15, -0.1) is 0 Å². The molecule has 2 aliphatic rings. The molecule has 4 N–H and O–H groups in total. The van der Waals surface area contributed by atoms with E-state index in [2.05, 4.69) is 16.0 Å². The molecule has 1 aliphatic carbocycles. The molecule has 1 aliphatic heterocycles. The number of amides is 7. The number of nitrogens with zero attached hydrogens (tertiary/aromatic N) is 3. The quantitative estimate of drug-likeness (QED) is 0.0635. The summed E-state index contributed by atoms with van der Waals surface area (Å²) >= 11 is 0. The van der Waals surface area contributed by atoms with Crippen LogP contribution in [0.3, 0.4) is 0 Å². The maximum Gasteiger partial charge on any atom is 0.326 e. The fourth-order valence-electron chi connectivity index (χ4n) is 9.00. The Morgan fingerprint density at radius 3 is 2.00 bits per heavy atom. The van der Waals surface area contributed by atoms with Crippen LogP contribution in [-0.4, -0.2) is 144 Å². The molecule has 10 atom stereocenters. The molecule has 1 saturated carbocycles. The highest BCUT2D eigenvalue weighted by atomic mass is 16.5. The van der Waals surface area contributed by atoms with Crippen molar-refractivity contribution in [2.75, 3.05) is 34.9 Å². The Balaban J connectivity index is 1.56. The van der Waals surface area contributed by atoms with Gasteiger partial charge >= 0.3 is 5.97 Å². The third-order valence-corrected chi connectivity index (χ3v) is 13.5. The van der Waals surface area contributed by atoms with Crippen molar-refractivity contribution < 1.29 is 52.9 Å². The summed E-state index contributed by atoms with van der Waals surface area (Å²) in [5, 5.41) is 18.5. The number of carbonyl (C=O) groups is 8. The largest absolute Gasteiger partial charge is 0.480 e. The second kappa shape index (κ2) is 27.0. The summed E-state index contributed by atoms with van der Waals surface area (Å²) in [6, 6.07) is 5.64. The number of benzene rings is 1. The Morgan fingerprint density at radius 2 is 1.45 bits per heavy atom. The summed E-state index contributed by atoms with van der Waals surface area (Å²) in [5.41, 5.74) is 0.798. The Hall–Kier alpha value is -5.16. The molecule has 1 heterocycles. The molecule has 0 spiro atoms. The molecule has 374 valence electrons. The molecule has 3 rings (SSSR count). The lowest BCUT2D eigenvalue weighted by Gasteiger charge is -2.40. The molecule has 67 heavy (non-hydrogen) atoms. The standard InChI is InChI=1S/C50H78N6O11/c1-12-32(6)46(55(9)49(63)44(30(2)3)53-48(62)45(31(4)5)54(8)41(58)21-17-14-18-26-56-42(59)24-25-43(56)60)39(67-11)29-40(57)51-36-28-35(36)22-23-38(66-10)33(7)47(61)52-37(50(64)65)27-34-19-15-13-16-20-34/h13,15-16,19-20,24-25,30-33,35-39,44-46H,12,14,17-18,21-23,26-29H2,1-11H3,(H,51,57)(H,52,61)(H,53,62)(H,64,65)/t32-,33?,35+,36?,37?,38?,39?,44-,45?,46?/m0/s1. The minimum atomic E-state index is -1.12. The van der Waals surface area contributed by atoms with Gasteiger partial charge in [-0.25, -0.2) is 4.79 Å². The minimum absolute atomic E-state index is 0.00921. The van der Waals surface area contributed by atoms with E-state index in [4.69, 9.17) is 9.47 Å². The van der Waals surface area contributed by atoms with Gasteiger partial charge in [0.1, 0.15) is 18.1 Å².